The monoisotopic (exact) mass is 334 g/mol. The van der Waals surface area contributed by atoms with Crippen LogP contribution < -0.4 is 0 Å². The van der Waals surface area contributed by atoms with Crippen molar-refractivity contribution in [2.45, 2.75) is 141 Å². The molecule has 24 heavy (non-hydrogen) atoms. The zero-order valence-electron chi connectivity index (χ0n) is 16.7. The van der Waals surface area contributed by atoms with Gasteiger partial charge in [0.1, 0.15) is 0 Å². The summed E-state index contributed by atoms with van der Waals surface area (Å²) in [5.41, 5.74) is 0. The summed E-state index contributed by atoms with van der Waals surface area (Å²) in [5, 5.41) is 0. The molecule has 0 aromatic carbocycles. The van der Waals surface area contributed by atoms with E-state index < -0.39 is 0 Å². The minimum absolute atomic E-state index is 1.32. The quantitative estimate of drug-likeness (QED) is 0.387. The van der Waals surface area contributed by atoms with Crippen LogP contribution in [0.3, 0.4) is 0 Å². The summed E-state index contributed by atoms with van der Waals surface area (Å²) in [4.78, 5) is 0. The summed E-state index contributed by atoms with van der Waals surface area (Å²) in [6, 6.07) is 0. The maximum absolute atomic E-state index is 2.44. The number of hydrogen-bond acceptors (Lipinski definition) is 0. The Bertz CT molecular complexity index is 227. The fourth-order valence-electron chi connectivity index (χ4n) is 3.94. The van der Waals surface area contributed by atoms with Gasteiger partial charge in [-0.25, -0.2) is 0 Å². The van der Waals surface area contributed by atoms with E-state index in [1.807, 2.05) is 0 Å². The average molecular weight is 335 g/mol. The minimum atomic E-state index is 1.32. The van der Waals surface area contributed by atoms with Gasteiger partial charge in [-0.15, -0.1) is 0 Å². The fraction of sp³-hybridized carbons (Fsp3) is 0.917. The largest absolute Gasteiger partial charge is 0.0885 e. The molecular weight excluding hydrogens is 288 g/mol. The van der Waals surface area contributed by atoms with Gasteiger partial charge in [-0.2, -0.15) is 0 Å². The van der Waals surface area contributed by atoms with Gasteiger partial charge in [0.15, 0.2) is 0 Å². The zero-order valence-corrected chi connectivity index (χ0v) is 16.7. The molecule has 0 heteroatoms. The van der Waals surface area contributed by atoms with Crippen molar-refractivity contribution < 1.29 is 0 Å². The van der Waals surface area contributed by atoms with E-state index in [0.717, 1.165) is 0 Å². The third-order valence-electron chi connectivity index (χ3n) is 5.66. The van der Waals surface area contributed by atoms with Gasteiger partial charge in [0.05, 0.1) is 0 Å². The van der Waals surface area contributed by atoms with E-state index in [9.17, 15) is 0 Å². The van der Waals surface area contributed by atoms with Crippen LogP contribution in [0.1, 0.15) is 141 Å². The molecule has 0 heterocycles. The van der Waals surface area contributed by atoms with Crippen LogP contribution >= 0.6 is 0 Å². The first-order valence-electron chi connectivity index (χ1n) is 11.6. The summed E-state index contributed by atoms with van der Waals surface area (Å²) < 4.78 is 0. The van der Waals surface area contributed by atoms with Crippen molar-refractivity contribution in [1.82, 2.24) is 0 Å². The van der Waals surface area contributed by atoms with Gasteiger partial charge in [-0.3, -0.25) is 0 Å². The average Bonchev–Trinajstić information content (AvgIpc) is 2.59. The molecule has 0 aliphatic heterocycles. The highest BCUT2D eigenvalue weighted by Gasteiger charge is 1.96. The second-order valence-electron chi connectivity index (χ2n) is 8.12. The second kappa shape index (κ2) is 19.1. The molecule has 0 nitrogen and oxygen atoms in total. The fourth-order valence-corrected chi connectivity index (χ4v) is 3.94. The molecule has 0 aromatic heterocycles. The maximum atomic E-state index is 2.44. The normalized spacial score (nSPS) is 24.7. The highest BCUT2D eigenvalue weighted by Crippen LogP contribution is 2.15. The van der Waals surface area contributed by atoms with Gasteiger partial charge in [0, 0.05) is 0 Å². The van der Waals surface area contributed by atoms with E-state index >= 15 is 0 Å². The lowest BCUT2D eigenvalue weighted by Crippen LogP contribution is -1.84. The topological polar surface area (TPSA) is 0 Å². The van der Waals surface area contributed by atoms with Crippen LogP contribution in [-0.4, -0.2) is 0 Å². The number of rotatable bonds is 0. The molecule has 0 bridgehead atoms. The summed E-state index contributed by atoms with van der Waals surface area (Å²) in [5.74, 6) is 0. The predicted octanol–water partition coefficient (Wildman–Crippen LogP) is 9.14. The van der Waals surface area contributed by atoms with Gasteiger partial charge in [-0.1, -0.05) is 128 Å². The molecule has 1 aliphatic carbocycles. The van der Waals surface area contributed by atoms with E-state index in [4.69, 9.17) is 0 Å². The first-order valence-corrected chi connectivity index (χ1v) is 11.6. The number of hydrogen-bond donors (Lipinski definition) is 0. The van der Waals surface area contributed by atoms with Crippen LogP contribution in [0.2, 0.25) is 0 Å². The molecule has 1 aliphatic rings. The van der Waals surface area contributed by atoms with Crippen LogP contribution in [0.25, 0.3) is 0 Å². The minimum Gasteiger partial charge on any atom is -0.0885 e. The van der Waals surface area contributed by atoms with E-state index in [1.54, 1.807) is 0 Å². The van der Waals surface area contributed by atoms with E-state index in [1.165, 1.54) is 141 Å². The van der Waals surface area contributed by atoms with Crippen molar-refractivity contribution in [1.29, 1.82) is 0 Å². The van der Waals surface area contributed by atoms with Gasteiger partial charge in [0.2, 0.25) is 0 Å². The van der Waals surface area contributed by atoms with Crippen LogP contribution in [0.5, 0.6) is 0 Å². The van der Waals surface area contributed by atoms with E-state index in [2.05, 4.69) is 12.2 Å². The molecule has 142 valence electrons. The Morgan fingerprint density at radius 3 is 0.583 bits per heavy atom. The first kappa shape index (κ1) is 21.8. The molecule has 1 rings (SSSR count). The Hall–Kier alpha value is -0.260. The third-order valence-corrected chi connectivity index (χ3v) is 5.66. The van der Waals surface area contributed by atoms with Gasteiger partial charge >= 0.3 is 0 Å². The van der Waals surface area contributed by atoms with Crippen molar-refractivity contribution in [3.05, 3.63) is 12.2 Å². The standard InChI is InChI=1S/C24H46/c1-2-4-6-8-10-12-14-16-18-20-22-24-23-21-19-17-15-13-11-9-7-5-3-1/h1-2H,3-24H2/b2-1-. The van der Waals surface area contributed by atoms with E-state index in [-0.39, 0.29) is 0 Å². The Morgan fingerprint density at radius 2 is 0.375 bits per heavy atom. The lowest BCUT2D eigenvalue weighted by atomic mass is 10.0. The highest BCUT2D eigenvalue weighted by atomic mass is 14.0. The molecule has 0 N–H and O–H groups in total. The summed E-state index contributed by atoms with van der Waals surface area (Å²) in [6.45, 7) is 0. The number of allylic oxidation sites excluding steroid dienone is 2. The third kappa shape index (κ3) is 16.6. The summed E-state index contributed by atoms with van der Waals surface area (Å²) >= 11 is 0. The lowest BCUT2D eigenvalue weighted by Gasteiger charge is -2.04. The molecule has 0 fully saturated rings. The van der Waals surface area contributed by atoms with E-state index in [0.29, 0.717) is 0 Å². The van der Waals surface area contributed by atoms with Gasteiger partial charge < -0.3 is 0 Å². The molecule has 0 saturated heterocycles. The molecular formula is C24H46. The van der Waals surface area contributed by atoms with Crippen molar-refractivity contribution >= 4 is 0 Å². The smallest absolute Gasteiger partial charge is 0.0351 e. The second-order valence-corrected chi connectivity index (χ2v) is 8.12. The van der Waals surface area contributed by atoms with Crippen LogP contribution in [0.4, 0.5) is 0 Å². The molecule has 0 atom stereocenters. The molecule has 0 aromatic rings. The molecule has 0 unspecified atom stereocenters. The van der Waals surface area contributed by atoms with Gasteiger partial charge in [-0.05, 0) is 25.7 Å². The van der Waals surface area contributed by atoms with Gasteiger partial charge in [0.25, 0.3) is 0 Å². The van der Waals surface area contributed by atoms with Crippen molar-refractivity contribution in [2.75, 3.05) is 0 Å². The summed E-state index contributed by atoms with van der Waals surface area (Å²) in [6.07, 6.45) is 37.0. The highest BCUT2D eigenvalue weighted by molar-refractivity contribution is 4.81. The van der Waals surface area contributed by atoms with Crippen LogP contribution in [0.15, 0.2) is 12.2 Å². The Labute approximate surface area is 153 Å². The van der Waals surface area contributed by atoms with Crippen LogP contribution in [0, 0.1) is 0 Å². The summed E-state index contributed by atoms with van der Waals surface area (Å²) in [7, 11) is 0. The Balaban J connectivity index is 2.05. The van der Waals surface area contributed by atoms with Crippen molar-refractivity contribution in [3.8, 4) is 0 Å². The Morgan fingerprint density at radius 1 is 0.208 bits per heavy atom. The molecule has 0 radical (unpaired) electrons. The first-order chi connectivity index (χ1) is 12.0. The predicted molar refractivity (Wildman–Crippen MR) is 111 cm³/mol. The van der Waals surface area contributed by atoms with Crippen molar-refractivity contribution in [2.24, 2.45) is 0 Å². The maximum Gasteiger partial charge on any atom is -0.0351 e. The Kier molecular flexibility index (Phi) is 17.3. The van der Waals surface area contributed by atoms with Crippen LogP contribution in [-0.2, 0) is 0 Å². The lowest BCUT2D eigenvalue weighted by molar-refractivity contribution is 0.520. The molecule has 0 amide bonds. The molecule has 0 saturated carbocycles. The van der Waals surface area contributed by atoms with Crippen molar-refractivity contribution in [3.63, 3.8) is 0 Å². The SMILES string of the molecule is C1=C\CCCCCCCCCCCCCCCCCCCCCC/1. The zero-order chi connectivity index (χ0) is 17.0. The molecule has 0 spiro atoms.